The molecule has 0 aliphatic carbocycles. The van der Waals surface area contributed by atoms with E-state index in [0.29, 0.717) is 0 Å². The fourth-order valence-corrected chi connectivity index (χ4v) is 3.18. The molecular weight excluding hydrogens is 338 g/mol. The molecule has 1 aromatic heterocycles. The first-order chi connectivity index (χ1) is 12.2. The van der Waals surface area contributed by atoms with Crippen LogP contribution in [0.25, 0.3) is 11.1 Å². The Labute approximate surface area is 162 Å². The molecule has 0 aliphatic rings. The quantitative estimate of drug-likeness (QED) is 0.493. The molecule has 0 unspecified atom stereocenters. The van der Waals surface area contributed by atoms with Gasteiger partial charge in [-0.15, -0.1) is 0 Å². The zero-order valence-electron chi connectivity index (χ0n) is 18.0. The molecule has 5 nitrogen and oxygen atoms in total. The Kier molecular flexibility index (Phi) is 5.48. The highest BCUT2D eigenvalue weighted by atomic mass is 16.5. The summed E-state index contributed by atoms with van der Waals surface area (Å²) in [6, 6.07) is 7.78. The Bertz CT molecular complexity index is 851. The first-order valence-corrected chi connectivity index (χ1v) is 9.27. The van der Waals surface area contributed by atoms with Gasteiger partial charge in [-0.1, -0.05) is 22.6 Å². The normalized spacial score (nSPS) is 12.2. The van der Waals surface area contributed by atoms with Crippen molar-refractivity contribution in [2.24, 2.45) is 0 Å². The SMILES string of the molecule is Cc1cc(C)c(-c2cc(N([O-])C(C)(C)C)nc([N+](=O)C(C)(C)C)c2)c(C)c1. The van der Waals surface area contributed by atoms with Crippen molar-refractivity contribution in [3.05, 3.63) is 51.1 Å². The number of aromatic nitrogens is 1. The largest absolute Gasteiger partial charge is 0.755 e. The molecule has 1 aromatic carbocycles. The van der Waals surface area contributed by atoms with Crippen LogP contribution in [0.15, 0.2) is 24.3 Å². The van der Waals surface area contributed by atoms with Crippen LogP contribution in [0, 0.1) is 30.9 Å². The van der Waals surface area contributed by atoms with Crippen LogP contribution in [0.1, 0.15) is 58.2 Å². The number of rotatable bonds is 3. The first-order valence-electron chi connectivity index (χ1n) is 9.27. The summed E-state index contributed by atoms with van der Waals surface area (Å²) < 4.78 is 0.870. The van der Waals surface area contributed by atoms with Crippen LogP contribution < -0.4 is 5.06 Å². The molecule has 2 aromatic rings. The molecule has 2 rings (SSSR count). The molecular formula is C22H31N3O2. The minimum absolute atomic E-state index is 0.250. The minimum atomic E-state index is -0.657. The molecule has 27 heavy (non-hydrogen) atoms. The zero-order chi connectivity index (χ0) is 20.7. The summed E-state index contributed by atoms with van der Waals surface area (Å²) in [4.78, 5) is 17.2. The van der Waals surface area contributed by atoms with Gasteiger partial charge in [-0.25, -0.2) is 0 Å². The fraction of sp³-hybridized carbons (Fsp3) is 0.500. The van der Waals surface area contributed by atoms with E-state index < -0.39 is 11.1 Å². The number of nitroso groups, excluding NO2 is 1. The van der Waals surface area contributed by atoms with E-state index in [-0.39, 0.29) is 11.6 Å². The molecule has 0 bridgehead atoms. The second kappa shape index (κ2) is 7.04. The molecule has 0 amide bonds. The van der Waals surface area contributed by atoms with Gasteiger partial charge in [0.2, 0.25) is 5.82 Å². The summed E-state index contributed by atoms with van der Waals surface area (Å²) in [5, 5.41) is 13.7. The molecule has 0 radical (unpaired) electrons. The lowest BCUT2D eigenvalue weighted by atomic mass is 9.94. The van der Waals surface area contributed by atoms with Crippen molar-refractivity contribution < 1.29 is 4.76 Å². The fourth-order valence-electron chi connectivity index (χ4n) is 3.18. The standard InChI is InChI=1S/C22H31N3O2/c1-14-10-15(2)20(16(3)11-14)17-12-18(24(26)21(4,5)6)23-19(13-17)25(27)22(7,8)9/h10-13H,1-9H3. The summed E-state index contributed by atoms with van der Waals surface area (Å²) in [5.41, 5.74) is 3.96. The van der Waals surface area contributed by atoms with Crippen molar-refractivity contribution in [2.45, 2.75) is 73.4 Å². The summed E-state index contributed by atoms with van der Waals surface area (Å²) in [6.45, 7) is 17.1. The topological polar surface area (TPSA) is 59.3 Å². The monoisotopic (exact) mass is 369 g/mol. The Morgan fingerprint density at radius 1 is 0.926 bits per heavy atom. The van der Waals surface area contributed by atoms with E-state index in [9.17, 15) is 10.1 Å². The average molecular weight is 370 g/mol. The van der Waals surface area contributed by atoms with E-state index >= 15 is 0 Å². The third kappa shape index (κ3) is 4.53. The molecule has 0 fully saturated rings. The Balaban J connectivity index is 2.77. The van der Waals surface area contributed by atoms with Gasteiger partial charge in [0, 0.05) is 17.7 Å². The Hall–Kier alpha value is -2.27. The van der Waals surface area contributed by atoms with Gasteiger partial charge in [0.1, 0.15) is 5.54 Å². The zero-order valence-corrected chi connectivity index (χ0v) is 18.0. The number of benzene rings is 1. The van der Waals surface area contributed by atoms with Crippen LogP contribution in [0.2, 0.25) is 0 Å². The molecule has 0 atom stereocenters. The maximum absolute atomic E-state index is 12.8. The van der Waals surface area contributed by atoms with E-state index in [2.05, 4.69) is 24.0 Å². The van der Waals surface area contributed by atoms with Crippen molar-refractivity contribution in [3.63, 3.8) is 0 Å². The number of hydroxylamine groups is 1. The predicted octanol–water partition coefficient (Wildman–Crippen LogP) is 5.99. The molecule has 0 N–H and O–H groups in total. The van der Waals surface area contributed by atoms with E-state index in [0.717, 1.165) is 32.1 Å². The molecule has 146 valence electrons. The third-order valence-electron chi connectivity index (χ3n) is 4.40. The van der Waals surface area contributed by atoms with Crippen molar-refractivity contribution in [3.8, 4) is 11.1 Å². The van der Waals surface area contributed by atoms with Crippen LogP contribution >= 0.6 is 0 Å². The Morgan fingerprint density at radius 3 is 1.89 bits per heavy atom. The molecule has 5 heteroatoms. The first kappa shape index (κ1) is 21.0. The van der Waals surface area contributed by atoms with Gasteiger partial charge in [-0.05, 0) is 94.3 Å². The minimum Gasteiger partial charge on any atom is -0.755 e. The van der Waals surface area contributed by atoms with Gasteiger partial charge in [0.15, 0.2) is 0 Å². The van der Waals surface area contributed by atoms with Gasteiger partial charge >= 0.3 is 5.82 Å². The Morgan fingerprint density at radius 2 is 1.44 bits per heavy atom. The van der Waals surface area contributed by atoms with Gasteiger partial charge in [-0.3, -0.25) is 0 Å². The number of hydrogen-bond acceptors (Lipinski definition) is 4. The van der Waals surface area contributed by atoms with E-state index in [1.807, 2.05) is 55.4 Å². The highest BCUT2D eigenvalue weighted by Gasteiger charge is 2.31. The smallest absolute Gasteiger partial charge is 0.364 e. The molecule has 1 heterocycles. The van der Waals surface area contributed by atoms with Crippen LogP contribution in [-0.2, 0) is 0 Å². The highest BCUT2D eigenvalue weighted by Crippen LogP contribution is 2.35. The second-order valence-corrected chi connectivity index (χ2v) is 9.28. The molecule has 0 saturated carbocycles. The number of nitrogens with zero attached hydrogens (tertiary/aromatic N) is 3. The maximum Gasteiger partial charge on any atom is 0.364 e. The van der Waals surface area contributed by atoms with Gasteiger partial charge in [-0.2, -0.15) is 0 Å². The van der Waals surface area contributed by atoms with Crippen molar-refractivity contribution in [1.82, 2.24) is 4.98 Å². The second-order valence-electron chi connectivity index (χ2n) is 9.28. The number of anilines is 1. The number of aryl methyl sites for hydroxylation is 3. The molecule has 0 saturated heterocycles. The van der Waals surface area contributed by atoms with E-state index in [1.165, 1.54) is 5.56 Å². The van der Waals surface area contributed by atoms with Crippen molar-refractivity contribution in [2.75, 3.05) is 5.06 Å². The summed E-state index contributed by atoms with van der Waals surface area (Å²) >= 11 is 0. The maximum atomic E-state index is 12.8. The van der Waals surface area contributed by atoms with Crippen LogP contribution in [0.5, 0.6) is 0 Å². The predicted molar refractivity (Wildman–Crippen MR) is 113 cm³/mol. The lowest BCUT2D eigenvalue weighted by Crippen LogP contribution is -2.37. The van der Waals surface area contributed by atoms with Crippen molar-refractivity contribution in [1.29, 1.82) is 0 Å². The lowest BCUT2D eigenvalue weighted by molar-refractivity contribution is -0.543. The summed E-state index contributed by atoms with van der Waals surface area (Å²) in [6.07, 6.45) is 0. The van der Waals surface area contributed by atoms with Gasteiger partial charge in [0.25, 0.3) is 0 Å². The average Bonchev–Trinajstić information content (AvgIpc) is 2.50. The van der Waals surface area contributed by atoms with Crippen LogP contribution in [0.3, 0.4) is 0 Å². The van der Waals surface area contributed by atoms with Crippen molar-refractivity contribution >= 4 is 11.6 Å². The number of pyridine rings is 1. The van der Waals surface area contributed by atoms with E-state index in [1.54, 1.807) is 12.1 Å². The van der Waals surface area contributed by atoms with Gasteiger partial charge in [0.05, 0.1) is 0 Å². The van der Waals surface area contributed by atoms with Gasteiger partial charge < -0.3 is 10.3 Å². The van der Waals surface area contributed by atoms with Crippen LogP contribution in [0.4, 0.5) is 11.6 Å². The third-order valence-corrected chi connectivity index (χ3v) is 4.40. The highest BCUT2D eigenvalue weighted by molar-refractivity contribution is 5.75. The molecule has 0 aliphatic heterocycles. The van der Waals surface area contributed by atoms with Crippen LogP contribution in [-0.4, -0.2) is 20.8 Å². The molecule has 0 spiro atoms. The lowest BCUT2D eigenvalue weighted by Gasteiger charge is -2.40. The summed E-state index contributed by atoms with van der Waals surface area (Å²) in [5.74, 6) is 0.499. The van der Waals surface area contributed by atoms with E-state index in [4.69, 9.17) is 0 Å². The number of hydrogen-bond donors (Lipinski definition) is 0. The summed E-state index contributed by atoms with van der Waals surface area (Å²) in [7, 11) is 0.